The predicted octanol–water partition coefficient (Wildman–Crippen LogP) is 3.22. The summed E-state index contributed by atoms with van der Waals surface area (Å²) in [5.74, 6) is 4.94. The minimum Gasteiger partial charge on any atom is -0.289 e. The summed E-state index contributed by atoms with van der Waals surface area (Å²) in [4.78, 5) is 30.6. The van der Waals surface area contributed by atoms with Gasteiger partial charge in [0.15, 0.2) is 6.29 Å². The summed E-state index contributed by atoms with van der Waals surface area (Å²) in [5, 5.41) is 21.8. The van der Waals surface area contributed by atoms with Crippen molar-refractivity contribution in [3.05, 3.63) is 79.4 Å². The topological polar surface area (TPSA) is 103 Å². The van der Waals surface area contributed by atoms with Crippen molar-refractivity contribution in [2.24, 2.45) is 0 Å². The van der Waals surface area contributed by atoms with Crippen molar-refractivity contribution in [2.45, 2.75) is 0 Å². The van der Waals surface area contributed by atoms with Gasteiger partial charge in [0.05, 0.1) is 21.5 Å². The summed E-state index contributed by atoms with van der Waals surface area (Å²) in [7, 11) is 0. The summed E-state index contributed by atoms with van der Waals surface area (Å²) in [6.45, 7) is 0. The van der Waals surface area contributed by atoms with Gasteiger partial charge in [-0.2, -0.15) is 0 Å². The zero-order chi connectivity index (χ0) is 17.5. The van der Waals surface area contributed by atoms with Crippen LogP contribution in [0.15, 0.2) is 42.5 Å². The average Bonchev–Trinajstić information content (AvgIpc) is 2.58. The maximum Gasteiger partial charge on any atom is 0.283 e. The zero-order valence-corrected chi connectivity index (χ0v) is 12.2. The number of nitro groups is 2. The quantitative estimate of drug-likeness (QED) is 0.283. The van der Waals surface area contributed by atoms with Gasteiger partial charge in [0.25, 0.3) is 11.4 Å². The van der Waals surface area contributed by atoms with Crippen molar-refractivity contribution in [2.75, 3.05) is 0 Å². The minimum atomic E-state index is -0.681. The largest absolute Gasteiger partial charge is 0.289 e. The molecular formula is C17H10N2O5. The maximum atomic E-state index is 11.1. The number of hydrogen-bond acceptors (Lipinski definition) is 5. The minimum absolute atomic E-state index is 0.260. The van der Waals surface area contributed by atoms with Crippen LogP contribution < -0.4 is 0 Å². The summed E-state index contributed by atoms with van der Waals surface area (Å²) in [6, 6.07) is 10.4. The van der Waals surface area contributed by atoms with Crippen LogP contribution in [0.3, 0.4) is 0 Å². The summed E-state index contributed by atoms with van der Waals surface area (Å²) < 4.78 is 0. The third kappa shape index (κ3) is 4.11. The molecule has 0 amide bonds. The lowest BCUT2D eigenvalue weighted by Gasteiger charge is -1.99. The van der Waals surface area contributed by atoms with Crippen LogP contribution in [-0.2, 0) is 4.79 Å². The Morgan fingerprint density at radius 3 is 2.21 bits per heavy atom. The van der Waals surface area contributed by atoms with E-state index in [9.17, 15) is 25.0 Å². The number of nitro benzene ring substituents is 2. The number of hydrogen-bond donors (Lipinski definition) is 0. The van der Waals surface area contributed by atoms with Gasteiger partial charge >= 0.3 is 0 Å². The third-order valence-corrected chi connectivity index (χ3v) is 3.06. The van der Waals surface area contributed by atoms with Gasteiger partial charge in [-0.1, -0.05) is 24.1 Å². The van der Waals surface area contributed by atoms with Gasteiger partial charge in [0.1, 0.15) is 0 Å². The Morgan fingerprint density at radius 1 is 0.917 bits per heavy atom. The second-order valence-corrected chi connectivity index (χ2v) is 4.60. The SMILES string of the molecule is O=CC#Cc1ccc(/C=C/c2ccc([N+](=O)[O-])cc2[N+](=O)[O-])cc1. The van der Waals surface area contributed by atoms with E-state index in [1.54, 1.807) is 30.3 Å². The van der Waals surface area contributed by atoms with Crippen molar-refractivity contribution < 1.29 is 14.6 Å². The predicted molar refractivity (Wildman–Crippen MR) is 88.1 cm³/mol. The number of non-ortho nitro benzene ring substituents is 1. The van der Waals surface area contributed by atoms with E-state index in [-0.39, 0.29) is 16.9 Å². The van der Waals surface area contributed by atoms with Gasteiger partial charge in [0.2, 0.25) is 0 Å². The van der Waals surface area contributed by atoms with Crippen LogP contribution >= 0.6 is 0 Å². The fourth-order valence-corrected chi connectivity index (χ4v) is 1.92. The molecule has 2 aromatic carbocycles. The Morgan fingerprint density at radius 2 is 1.62 bits per heavy atom. The summed E-state index contributed by atoms with van der Waals surface area (Å²) in [6.07, 6.45) is 3.65. The fourth-order valence-electron chi connectivity index (χ4n) is 1.92. The third-order valence-electron chi connectivity index (χ3n) is 3.06. The molecule has 0 bridgehead atoms. The van der Waals surface area contributed by atoms with Crippen LogP contribution in [0.4, 0.5) is 11.4 Å². The highest BCUT2D eigenvalue weighted by molar-refractivity contribution is 5.76. The molecule has 2 aromatic rings. The van der Waals surface area contributed by atoms with E-state index in [0.29, 0.717) is 11.8 Å². The van der Waals surface area contributed by atoms with Gasteiger partial charge in [-0.05, 0) is 35.8 Å². The lowest BCUT2D eigenvalue weighted by atomic mass is 10.1. The molecule has 0 heterocycles. The van der Waals surface area contributed by atoms with Crippen LogP contribution in [0.2, 0.25) is 0 Å². The standard InChI is InChI=1S/C17H10N2O5/c20-11-1-2-13-3-5-14(6-4-13)7-8-15-9-10-16(18(21)22)12-17(15)19(23)24/h3-12H/b8-7+. The van der Waals surface area contributed by atoms with Crippen molar-refractivity contribution in [3.8, 4) is 11.8 Å². The molecule has 24 heavy (non-hydrogen) atoms. The molecule has 0 aliphatic rings. The van der Waals surface area contributed by atoms with Gasteiger partial charge in [-0.3, -0.25) is 25.0 Å². The first-order valence-electron chi connectivity index (χ1n) is 6.67. The lowest BCUT2D eigenvalue weighted by molar-refractivity contribution is -0.394. The molecule has 0 saturated heterocycles. The van der Waals surface area contributed by atoms with E-state index in [2.05, 4.69) is 11.8 Å². The van der Waals surface area contributed by atoms with Crippen LogP contribution in [-0.4, -0.2) is 16.1 Å². The normalized spacial score (nSPS) is 10.0. The average molecular weight is 322 g/mol. The van der Waals surface area contributed by atoms with Gasteiger partial charge in [-0.15, -0.1) is 0 Å². The molecule has 0 radical (unpaired) electrons. The first-order chi connectivity index (χ1) is 11.5. The van der Waals surface area contributed by atoms with Crippen LogP contribution in [0.25, 0.3) is 12.2 Å². The van der Waals surface area contributed by atoms with Crippen LogP contribution in [0.1, 0.15) is 16.7 Å². The molecule has 0 saturated carbocycles. The van der Waals surface area contributed by atoms with Gasteiger partial charge < -0.3 is 0 Å². The highest BCUT2D eigenvalue weighted by Gasteiger charge is 2.17. The number of nitrogens with zero attached hydrogens (tertiary/aromatic N) is 2. The number of rotatable bonds is 4. The van der Waals surface area contributed by atoms with Crippen LogP contribution in [0, 0.1) is 32.1 Å². The first-order valence-corrected chi connectivity index (χ1v) is 6.67. The molecule has 0 N–H and O–H groups in total. The smallest absolute Gasteiger partial charge is 0.283 e. The molecule has 7 heteroatoms. The highest BCUT2D eigenvalue weighted by atomic mass is 16.6. The van der Waals surface area contributed by atoms with Crippen LogP contribution in [0.5, 0.6) is 0 Å². The number of benzene rings is 2. The second-order valence-electron chi connectivity index (χ2n) is 4.60. The summed E-state index contributed by atoms with van der Waals surface area (Å²) in [5.41, 5.74) is 1.01. The Kier molecular flexibility index (Phi) is 5.16. The molecule has 0 aromatic heterocycles. The number of carbonyl (C=O) groups is 1. The van der Waals surface area contributed by atoms with E-state index < -0.39 is 9.85 Å². The van der Waals surface area contributed by atoms with Crippen molar-refractivity contribution in [1.29, 1.82) is 0 Å². The van der Waals surface area contributed by atoms with Crippen molar-refractivity contribution in [3.63, 3.8) is 0 Å². The van der Waals surface area contributed by atoms with Gasteiger partial charge in [-0.25, -0.2) is 0 Å². The molecular weight excluding hydrogens is 312 g/mol. The molecule has 0 aliphatic carbocycles. The van der Waals surface area contributed by atoms with E-state index in [4.69, 9.17) is 0 Å². The Labute approximate surface area is 136 Å². The van der Waals surface area contributed by atoms with Crippen molar-refractivity contribution >= 4 is 29.8 Å². The fraction of sp³-hybridized carbons (Fsp3) is 0. The Hall–Kier alpha value is -3.79. The number of aldehydes is 1. The Bertz CT molecular complexity index is 889. The van der Waals surface area contributed by atoms with E-state index in [1.807, 2.05) is 0 Å². The monoisotopic (exact) mass is 322 g/mol. The molecule has 0 atom stereocenters. The summed E-state index contributed by atoms with van der Waals surface area (Å²) >= 11 is 0. The zero-order valence-electron chi connectivity index (χ0n) is 12.2. The molecule has 7 nitrogen and oxygen atoms in total. The molecule has 0 spiro atoms. The number of carbonyl (C=O) groups excluding carboxylic acids is 1. The van der Waals surface area contributed by atoms with Gasteiger partial charge in [0, 0.05) is 11.6 Å². The van der Waals surface area contributed by atoms with E-state index in [0.717, 1.165) is 11.6 Å². The Balaban J connectivity index is 2.29. The molecule has 0 aliphatic heterocycles. The molecule has 0 fully saturated rings. The first kappa shape index (κ1) is 16.6. The maximum absolute atomic E-state index is 11.1. The molecule has 118 valence electrons. The van der Waals surface area contributed by atoms with E-state index >= 15 is 0 Å². The molecule has 2 rings (SSSR count). The second kappa shape index (κ2) is 7.47. The lowest BCUT2D eigenvalue weighted by Crippen LogP contribution is -1.94. The molecule has 0 unspecified atom stereocenters. The highest BCUT2D eigenvalue weighted by Crippen LogP contribution is 2.26. The van der Waals surface area contributed by atoms with E-state index in [1.165, 1.54) is 18.2 Å². The van der Waals surface area contributed by atoms with Crippen molar-refractivity contribution in [1.82, 2.24) is 0 Å².